The molecule has 1 saturated heterocycles. The summed E-state index contributed by atoms with van der Waals surface area (Å²) in [7, 11) is 1.66. The zero-order valence-corrected chi connectivity index (χ0v) is 18.7. The minimum atomic E-state index is 0.0474. The van der Waals surface area contributed by atoms with Gasteiger partial charge in [-0.15, -0.1) is 0 Å². The van der Waals surface area contributed by atoms with Crippen LogP contribution in [0.4, 0.5) is 4.79 Å². The Labute approximate surface area is 184 Å². The number of aryl methyl sites for hydroxylation is 2. The Bertz CT molecular complexity index is 1030. The first kappa shape index (κ1) is 21.2. The number of rotatable bonds is 6. The fourth-order valence-electron chi connectivity index (χ4n) is 4.27. The SMILES string of the molecule is COc1ccc(CCNC(=O)N2CCC(Cn3cnc4cc(C)c(C)cc43)CC2)cc1. The van der Waals surface area contributed by atoms with Crippen LogP contribution in [0.3, 0.4) is 0 Å². The van der Waals surface area contributed by atoms with Gasteiger partial charge in [0.25, 0.3) is 0 Å². The van der Waals surface area contributed by atoms with Crippen molar-refractivity contribution in [3.63, 3.8) is 0 Å². The molecule has 0 radical (unpaired) electrons. The number of hydrogen-bond donors (Lipinski definition) is 1. The Morgan fingerprint density at radius 3 is 2.55 bits per heavy atom. The molecular formula is C25H32N4O2. The molecule has 2 aromatic carbocycles. The third-order valence-electron chi connectivity index (χ3n) is 6.44. The number of urea groups is 1. The van der Waals surface area contributed by atoms with Crippen LogP contribution in [0.2, 0.25) is 0 Å². The largest absolute Gasteiger partial charge is 0.497 e. The summed E-state index contributed by atoms with van der Waals surface area (Å²) in [4.78, 5) is 19.1. The molecule has 3 aromatic rings. The van der Waals surface area contributed by atoms with Crippen molar-refractivity contribution in [3.05, 3.63) is 59.4 Å². The van der Waals surface area contributed by atoms with Crippen LogP contribution in [0.5, 0.6) is 5.75 Å². The number of carbonyl (C=O) groups is 1. The summed E-state index contributed by atoms with van der Waals surface area (Å²) >= 11 is 0. The molecule has 0 unspecified atom stereocenters. The monoisotopic (exact) mass is 420 g/mol. The number of nitrogens with one attached hydrogen (secondary N) is 1. The number of ether oxygens (including phenoxy) is 1. The highest BCUT2D eigenvalue weighted by Gasteiger charge is 2.23. The summed E-state index contributed by atoms with van der Waals surface area (Å²) in [5, 5.41) is 3.07. The molecule has 1 aromatic heterocycles. The van der Waals surface area contributed by atoms with Gasteiger partial charge < -0.3 is 19.5 Å². The fraction of sp³-hybridized carbons (Fsp3) is 0.440. The van der Waals surface area contributed by atoms with Crippen molar-refractivity contribution in [1.82, 2.24) is 19.8 Å². The second kappa shape index (κ2) is 9.41. The Morgan fingerprint density at radius 1 is 1.13 bits per heavy atom. The van der Waals surface area contributed by atoms with Crippen LogP contribution < -0.4 is 10.1 Å². The molecular weight excluding hydrogens is 388 g/mol. The Hall–Kier alpha value is -3.02. The van der Waals surface area contributed by atoms with Gasteiger partial charge in [-0.2, -0.15) is 0 Å². The van der Waals surface area contributed by atoms with E-state index in [0.717, 1.165) is 50.2 Å². The number of carbonyl (C=O) groups excluding carboxylic acids is 1. The number of piperidine rings is 1. The minimum absolute atomic E-state index is 0.0474. The standard InChI is InChI=1S/C25H32N4O2/c1-18-14-23-24(15-19(18)2)29(17-27-23)16-21-9-12-28(13-10-21)25(30)26-11-8-20-4-6-22(31-3)7-5-20/h4-7,14-15,17,21H,8-13,16H2,1-3H3,(H,26,30). The molecule has 0 bridgehead atoms. The van der Waals surface area contributed by atoms with Crippen LogP contribution >= 0.6 is 0 Å². The maximum Gasteiger partial charge on any atom is 0.317 e. The number of benzene rings is 2. The molecule has 6 heteroatoms. The number of hydrogen-bond acceptors (Lipinski definition) is 3. The molecule has 1 aliphatic heterocycles. The molecule has 6 nitrogen and oxygen atoms in total. The molecule has 1 N–H and O–H groups in total. The van der Waals surface area contributed by atoms with Crippen LogP contribution in [0, 0.1) is 19.8 Å². The highest BCUT2D eigenvalue weighted by molar-refractivity contribution is 5.77. The number of amides is 2. The summed E-state index contributed by atoms with van der Waals surface area (Å²) in [5.74, 6) is 1.42. The summed E-state index contributed by atoms with van der Waals surface area (Å²) in [6.45, 7) is 7.51. The fourth-order valence-corrected chi connectivity index (χ4v) is 4.27. The van der Waals surface area contributed by atoms with Crippen molar-refractivity contribution in [2.75, 3.05) is 26.7 Å². The molecule has 1 fully saturated rings. The third kappa shape index (κ3) is 5.01. The van der Waals surface area contributed by atoms with E-state index in [1.165, 1.54) is 22.2 Å². The molecule has 164 valence electrons. The lowest BCUT2D eigenvalue weighted by Gasteiger charge is -2.32. The maximum atomic E-state index is 12.5. The average Bonchev–Trinajstić information content (AvgIpc) is 3.16. The van der Waals surface area contributed by atoms with Gasteiger partial charge in [0, 0.05) is 26.2 Å². The van der Waals surface area contributed by atoms with E-state index in [-0.39, 0.29) is 6.03 Å². The van der Waals surface area contributed by atoms with E-state index in [0.29, 0.717) is 12.5 Å². The molecule has 0 spiro atoms. The van der Waals surface area contributed by atoms with E-state index in [1.807, 2.05) is 35.5 Å². The molecule has 1 aliphatic rings. The van der Waals surface area contributed by atoms with E-state index in [9.17, 15) is 4.79 Å². The minimum Gasteiger partial charge on any atom is -0.497 e. The molecule has 0 atom stereocenters. The third-order valence-corrected chi connectivity index (χ3v) is 6.44. The van der Waals surface area contributed by atoms with Gasteiger partial charge in [0.1, 0.15) is 5.75 Å². The van der Waals surface area contributed by atoms with Crippen molar-refractivity contribution in [2.45, 2.75) is 39.7 Å². The van der Waals surface area contributed by atoms with Gasteiger partial charge in [-0.05, 0) is 80.0 Å². The van der Waals surface area contributed by atoms with Crippen LogP contribution in [-0.4, -0.2) is 47.2 Å². The zero-order chi connectivity index (χ0) is 21.8. The quantitative estimate of drug-likeness (QED) is 0.646. The number of aromatic nitrogens is 2. The maximum absolute atomic E-state index is 12.5. The average molecular weight is 421 g/mol. The Morgan fingerprint density at radius 2 is 1.84 bits per heavy atom. The lowest BCUT2D eigenvalue weighted by Crippen LogP contribution is -2.45. The summed E-state index contributed by atoms with van der Waals surface area (Å²) in [6.07, 6.45) is 4.83. The van der Waals surface area contributed by atoms with Crippen LogP contribution in [0.15, 0.2) is 42.7 Å². The number of methoxy groups -OCH3 is 1. The van der Waals surface area contributed by atoms with Crippen LogP contribution in [0.25, 0.3) is 11.0 Å². The van der Waals surface area contributed by atoms with Gasteiger partial charge in [-0.1, -0.05) is 12.1 Å². The number of likely N-dealkylation sites (tertiary alicyclic amines) is 1. The van der Waals surface area contributed by atoms with Crippen LogP contribution in [-0.2, 0) is 13.0 Å². The summed E-state index contributed by atoms with van der Waals surface area (Å²) in [5.41, 5.74) is 6.05. The molecule has 0 saturated carbocycles. The van der Waals surface area contributed by atoms with Crippen molar-refractivity contribution in [1.29, 1.82) is 0 Å². The lowest BCUT2D eigenvalue weighted by molar-refractivity contribution is 0.166. The second-order valence-corrected chi connectivity index (χ2v) is 8.58. The van der Waals surface area contributed by atoms with Gasteiger partial charge >= 0.3 is 6.03 Å². The number of nitrogens with zero attached hydrogens (tertiary/aromatic N) is 3. The van der Waals surface area contributed by atoms with Crippen molar-refractivity contribution < 1.29 is 9.53 Å². The number of imidazole rings is 1. The van der Waals surface area contributed by atoms with Gasteiger partial charge in [0.15, 0.2) is 0 Å². The highest BCUT2D eigenvalue weighted by atomic mass is 16.5. The molecule has 2 heterocycles. The van der Waals surface area contributed by atoms with E-state index in [2.05, 4.69) is 40.8 Å². The van der Waals surface area contributed by atoms with Gasteiger partial charge in [0.2, 0.25) is 0 Å². The van der Waals surface area contributed by atoms with E-state index in [4.69, 9.17) is 4.74 Å². The molecule has 4 rings (SSSR count). The molecule has 0 aliphatic carbocycles. The van der Waals surface area contributed by atoms with Gasteiger partial charge in [-0.25, -0.2) is 9.78 Å². The molecule has 2 amide bonds. The van der Waals surface area contributed by atoms with E-state index >= 15 is 0 Å². The Balaban J connectivity index is 1.23. The molecule has 31 heavy (non-hydrogen) atoms. The van der Waals surface area contributed by atoms with Crippen LogP contribution in [0.1, 0.15) is 29.5 Å². The zero-order valence-electron chi connectivity index (χ0n) is 18.7. The lowest BCUT2D eigenvalue weighted by atomic mass is 9.97. The normalized spacial score (nSPS) is 14.7. The van der Waals surface area contributed by atoms with Gasteiger partial charge in [0.05, 0.1) is 24.5 Å². The predicted octanol–water partition coefficient (Wildman–Crippen LogP) is 4.33. The van der Waals surface area contributed by atoms with E-state index < -0.39 is 0 Å². The van der Waals surface area contributed by atoms with Crippen molar-refractivity contribution in [2.24, 2.45) is 5.92 Å². The summed E-state index contributed by atoms with van der Waals surface area (Å²) < 4.78 is 7.46. The van der Waals surface area contributed by atoms with Gasteiger partial charge in [-0.3, -0.25) is 0 Å². The second-order valence-electron chi connectivity index (χ2n) is 8.58. The summed E-state index contributed by atoms with van der Waals surface area (Å²) in [6, 6.07) is 12.4. The topological polar surface area (TPSA) is 59.4 Å². The first-order valence-electron chi connectivity index (χ1n) is 11.1. The number of fused-ring (bicyclic) bond motifs is 1. The van der Waals surface area contributed by atoms with E-state index in [1.54, 1.807) is 7.11 Å². The van der Waals surface area contributed by atoms with Crippen molar-refractivity contribution in [3.8, 4) is 5.75 Å². The smallest absolute Gasteiger partial charge is 0.317 e. The first-order chi connectivity index (χ1) is 15.0. The Kier molecular flexibility index (Phi) is 6.44. The first-order valence-corrected chi connectivity index (χ1v) is 11.1. The van der Waals surface area contributed by atoms with Crippen molar-refractivity contribution >= 4 is 17.1 Å². The predicted molar refractivity (Wildman–Crippen MR) is 124 cm³/mol. The highest BCUT2D eigenvalue weighted by Crippen LogP contribution is 2.23.